The quantitative estimate of drug-likeness (QED) is 0.761. The van der Waals surface area contributed by atoms with Crippen molar-refractivity contribution in [3.63, 3.8) is 0 Å². The number of amides is 3. The van der Waals surface area contributed by atoms with E-state index in [9.17, 15) is 9.59 Å². The summed E-state index contributed by atoms with van der Waals surface area (Å²) in [6, 6.07) is 10.7. The van der Waals surface area contributed by atoms with Gasteiger partial charge in [-0.2, -0.15) is 0 Å². The first-order valence-electron chi connectivity index (χ1n) is 7.85. The molecule has 0 saturated heterocycles. The van der Waals surface area contributed by atoms with Crippen molar-refractivity contribution in [2.45, 2.75) is 33.0 Å². The van der Waals surface area contributed by atoms with Crippen molar-refractivity contribution in [2.75, 3.05) is 0 Å². The molecule has 0 radical (unpaired) electrons. The van der Waals surface area contributed by atoms with E-state index in [0.29, 0.717) is 18.7 Å². The Labute approximate surface area is 141 Å². The maximum atomic E-state index is 12.0. The second-order valence-electron chi connectivity index (χ2n) is 5.73. The SMILES string of the molecule is CC(C)NC(=O)c1cccc(CNC(=O)NCc2cccnc2)c1. The van der Waals surface area contributed by atoms with Gasteiger partial charge in [0, 0.05) is 37.1 Å². The summed E-state index contributed by atoms with van der Waals surface area (Å²) in [5.74, 6) is -0.118. The highest BCUT2D eigenvalue weighted by Crippen LogP contribution is 2.05. The third-order valence-corrected chi connectivity index (χ3v) is 3.24. The first-order valence-corrected chi connectivity index (χ1v) is 7.85. The van der Waals surface area contributed by atoms with Crippen LogP contribution in [0.3, 0.4) is 0 Å². The standard InChI is InChI=1S/C18H22N4O2/c1-13(2)22-17(23)16-7-3-5-14(9-16)11-20-18(24)21-12-15-6-4-8-19-10-15/h3-10,13H,11-12H2,1-2H3,(H,22,23)(H2,20,21,24). The number of hydrogen-bond donors (Lipinski definition) is 3. The smallest absolute Gasteiger partial charge is 0.315 e. The molecule has 126 valence electrons. The van der Waals surface area contributed by atoms with Crippen LogP contribution in [0.2, 0.25) is 0 Å². The van der Waals surface area contributed by atoms with E-state index in [0.717, 1.165) is 11.1 Å². The Bertz CT molecular complexity index is 686. The van der Waals surface area contributed by atoms with Crippen LogP contribution in [0, 0.1) is 0 Å². The van der Waals surface area contributed by atoms with E-state index < -0.39 is 0 Å². The fraction of sp³-hybridized carbons (Fsp3) is 0.278. The molecule has 0 unspecified atom stereocenters. The Hall–Kier alpha value is -2.89. The zero-order valence-electron chi connectivity index (χ0n) is 13.9. The molecule has 1 aromatic heterocycles. The van der Waals surface area contributed by atoms with Crippen LogP contribution in [0.5, 0.6) is 0 Å². The predicted octanol–water partition coefficient (Wildman–Crippen LogP) is 2.22. The molecule has 6 nitrogen and oxygen atoms in total. The van der Waals surface area contributed by atoms with Crippen molar-refractivity contribution in [2.24, 2.45) is 0 Å². The number of hydrogen-bond acceptors (Lipinski definition) is 3. The summed E-state index contributed by atoms with van der Waals surface area (Å²) in [6.07, 6.45) is 3.39. The highest BCUT2D eigenvalue weighted by molar-refractivity contribution is 5.94. The number of nitrogens with one attached hydrogen (secondary N) is 3. The third kappa shape index (κ3) is 5.72. The van der Waals surface area contributed by atoms with E-state index in [4.69, 9.17) is 0 Å². The summed E-state index contributed by atoms with van der Waals surface area (Å²) in [7, 11) is 0. The van der Waals surface area contributed by atoms with Crippen LogP contribution in [-0.2, 0) is 13.1 Å². The van der Waals surface area contributed by atoms with Crippen LogP contribution in [0.15, 0.2) is 48.8 Å². The number of aromatic nitrogens is 1. The summed E-state index contributed by atoms with van der Waals surface area (Å²) >= 11 is 0. The first kappa shape index (κ1) is 17.5. The molecule has 0 spiro atoms. The zero-order chi connectivity index (χ0) is 17.4. The van der Waals surface area contributed by atoms with Gasteiger partial charge in [-0.05, 0) is 43.2 Å². The monoisotopic (exact) mass is 326 g/mol. The van der Waals surface area contributed by atoms with Gasteiger partial charge in [0.1, 0.15) is 0 Å². The van der Waals surface area contributed by atoms with Crippen LogP contribution < -0.4 is 16.0 Å². The molecule has 0 atom stereocenters. The normalized spacial score (nSPS) is 10.3. The molecule has 3 N–H and O–H groups in total. The molecule has 2 aromatic rings. The minimum absolute atomic E-state index is 0.0811. The van der Waals surface area contributed by atoms with Gasteiger partial charge in [-0.25, -0.2) is 4.79 Å². The van der Waals surface area contributed by atoms with E-state index in [2.05, 4.69) is 20.9 Å². The molecule has 3 amide bonds. The van der Waals surface area contributed by atoms with Gasteiger partial charge in [-0.15, -0.1) is 0 Å². The van der Waals surface area contributed by atoms with E-state index in [1.165, 1.54) is 0 Å². The van der Waals surface area contributed by atoms with Gasteiger partial charge in [0.15, 0.2) is 0 Å². The molecule has 6 heteroatoms. The van der Waals surface area contributed by atoms with Gasteiger partial charge in [0.2, 0.25) is 0 Å². The molecule has 24 heavy (non-hydrogen) atoms. The molecule has 1 heterocycles. The van der Waals surface area contributed by atoms with Crippen molar-refractivity contribution in [3.8, 4) is 0 Å². The minimum atomic E-state index is -0.268. The molecule has 2 rings (SSSR count). The highest BCUT2D eigenvalue weighted by atomic mass is 16.2. The third-order valence-electron chi connectivity index (χ3n) is 3.24. The fourth-order valence-electron chi connectivity index (χ4n) is 2.10. The number of pyridine rings is 1. The average molecular weight is 326 g/mol. The highest BCUT2D eigenvalue weighted by Gasteiger charge is 2.08. The van der Waals surface area contributed by atoms with E-state index >= 15 is 0 Å². The van der Waals surface area contributed by atoms with Gasteiger partial charge in [-0.1, -0.05) is 18.2 Å². The minimum Gasteiger partial charge on any atom is -0.350 e. The fourth-order valence-corrected chi connectivity index (χ4v) is 2.10. The lowest BCUT2D eigenvalue weighted by Gasteiger charge is -2.10. The average Bonchev–Trinajstić information content (AvgIpc) is 2.59. The van der Waals surface area contributed by atoms with Crippen LogP contribution in [0.4, 0.5) is 4.79 Å². The van der Waals surface area contributed by atoms with Crippen LogP contribution >= 0.6 is 0 Å². The maximum absolute atomic E-state index is 12.0. The van der Waals surface area contributed by atoms with E-state index in [-0.39, 0.29) is 18.0 Å². The summed E-state index contributed by atoms with van der Waals surface area (Å²) in [5, 5.41) is 8.38. The molecule has 1 aromatic carbocycles. The summed E-state index contributed by atoms with van der Waals surface area (Å²) in [4.78, 5) is 27.8. The first-order chi connectivity index (χ1) is 11.5. The zero-order valence-corrected chi connectivity index (χ0v) is 13.9. The topological polar surface area (TPSA) is 83.1 Å². The maximum Gasteiger partial charge on any atom is 0.315 e. The molecular formula is C18H22N4O2. The van der Waals surface area contributed by atoms with Gasteiger partial charge in [0.05, 0.1) is 0 Å². The predicted molar refractivity (Wildman–Crippen MR) is 92.4 cm³/mol. The van der Waals surface area contributed by atoms with Crippen molar-refractivity contribution in [3.05, 3.63) is 65.5 Å². The molecule has 0 fully saturated rings. The summed E-state index contributed by atoms with van der Waals surface area (Å²) in [6.45, 7) is 4.59. The molecule has 0 aliphatic carbocycles. The number of carbonyl (C=O) groups excluding carboxylic acids is 2. The van der Waals surface area contributed by atoms with Crippen molar-refractivity contribution < 1.29 is 9.59 Å². The van der Waals surface area contributed by atoms with Crippen LogP contribution in [-0.4, -0.2) is 23.0 Å². The van der Waals surface area contributed by atoms with Crippen molar-refractivity contribution >= 4 is 11.9 Å². The molecule has 0 saturated carbocycles. The number of carbonyl (C=O) groups is 2. The second kappa shape index (κ2) is 8.67. The Morgan fingerprint density at radius 3 is 2.42 bits per heavy atom. The van der Waals surface area contributed by atoms with Crippen molar-refractivity contribution in [1.82, 2.24) is 20.9 Å². The van der Waals surface area contributed by atoms with Crippen LogP contribution in [0.1, 0.15) is 35.3 Å². The number of urea groups is 1. The largest absolute Gasteiger partial charge is 0.350 e. The number of nitrogens with zero attached hydrogens (tertiary/aromatic N) is 1. The Kier molecular flexibility index (Phi) is 6.31. The van der Waals surface area contributed by atoms with Gasteiger partial charge >= 0.3 is 6.03 Å². The number of rotatable bonds is 6. The Morgan fingerprint density at radius 1 is 1.04 bits per heavy atom. The lowest BCUT2D eigenvalue weighted by Crippen LogP contribution is -2.34. The summed E-state index contributed by atoms with van der Waals surface area (Å²) < 4.78 is 0. The van der Waals surface area contributed by atoms with Crippen molar-refractivity contribution in [1.29, 1.82) is 0 Å². The van der Waals surface area contributed by atoms with Gasteiger partial charge < -0.3 is 16.0 Å². The molecule has 0 aliphatic rings. The van der Waals surface area contributed by atoms with Crippen LogP contribution in [0.25, 0.3) is 0 Å². The van der Waals surface area contributed by atoms with E-state index in [1.807, 2.05) is 32.0 Å². The lowest BCUT2D eigenvalue weighted by molar-refractivity contribution is 0.0943. The summed E-state index contributed by atoms with van der Waals surface area (Å²) in [5.41, 5.74) is 2.38. The molecule has 0 bridgehead atoms. The van der Waals surface area contributed by atoms with Gasteiger partial charge in [0.25, 0.3) is 5.91 Å². The Balaban J connectivity index is 1.83. The lowest BCUT2D eigenvalue weighted by atomic mass is 10.1. The Morgan fingerprint density at radius 2 is 1.75 bits per heavy atom. The van der Waals surface area contributed by atoms with Gasteiger partial charge in [-0.3, -0.25) is 9.78 Å². The molecule has 0 aliphatic heterocycles. The number of benzene rings is 1. The second-order valence-corrected chi connectivity index (χ2v) is 5.73. The van der Waals surface area contributed by atoms with E-state index in [1.54, 1.807) is 30.6 Å². The molecular weight excluding hydrogens is 304 g/mol.